The van der Waals surface area contributed by atoms with Crippen LogP contribution in [0.3, 0.4) is 0 Å². The fourth-order valence-electron chi connectivity index (χ4n) is 6.91. The van der Waals surface area contributed by atoms with Gasteiger partial charge in [0.2, 0.25) is 0 Å². The van der Waals surface area contributed by atoms with Crippen molar-refractivity contribution in [1.29, 1.82) is 0 Å². The van der Waals surface area contributed by atoms with Crippen LogP contribution in [0.5, 0.6) is 0 Å². The predicted molar refractivity (Wildman–Crippen MR) is 223 cm³/mol. The third-order valence-electron chi connectivity index (χ3n) is 10.8. The molecule has 0 aromatic heterocycles. The molecule has 0 aliphatic carbocycles. The van der Waals surface area contributed by atoms with E-state index in [-0.39, 0.29) is 35.9 Å². The van der Waals surface area contributed by atoms with Gasteiger partial charge in [-0.25, -0.2) is 4.79 Å². The van der Waals surface area contributed by atoms with E-state index in [1.54, 1.807) is 19.9 Å². The second kappa shape index (κ2) is 28.1. The number of aliphatic hydroxyl groups is 9. The van der Waals surface area contributed by atoms with Crippen molar-refractivity contribution in [1.82, 2.24) is 0 Å². The number of carbonyl (C=O) groups excluding carboxylic acids is 2. The van der Waals surface area contributed by atoms with Crippen LogP contribution < -0.4 is 0 Å². The van der Waals surface area contributed by atoms with Crippen LogP contribution in [-0.2, 0) is 28.5 Å². The molecule has 1 heterocycles. The minimum Gasteiger partial charge on any atom is -0.463 e. The zero-order chi connectivity index (χ0) is 45.9. The van der Waals surface area contributed by atoms with Crippen molar-refractivity contribution in [2.24, 2.45) is 35.5 Å². The lowest BCUT2D eigenvalue weighted by molar-refractivity contribution is -0.317. The van der Waals surface area contributed by atoms with Crippen molar-refractivity contribution >= 4 is 11.9 Å². The van der Waals surface area contributed by atoms with Gasteiger partial charge in [-0.1, -0.05) is 85.3 Å². The van der Waals surface area contributed by atoms with Crippen molar-refractivity contribution in [3.8, 4) is 0 Å². The Hall–Kier alpha value is -2.54. The van der Waals surface area contributed by atoms with E-state index in [1.165, 1.54) is 19.9 Å². The maximum atomic E-state index is 11.7. The number of rotatable bonds is 24. The molecule has 1 aliphatic heterocycles. The van der Waals surface area contributed by atoms with E-state index < -0.39 is 92.5 Å². The number of esters is 2. The normalized spacial score (nSPS) is 26.2. The van der Waals surface area contributed by atoms with Gasteiger partial charge in [-0.15, -0.1) is 6.58 Å². The van der Waals surface area contributed by atoms with Gasteiger partial charge in [0.15, 0.2) is 6.29 Å². The standard InChI is InChI=1S/C29H52O8.C15H26O7/c1-10-16(3)12-17(4)13-20(7)28(21(8)14-19(6)24(31)18(5)11-2)37-29-27(34)26(33)25(32)23(36-29)15-35-22(9)30;1-8(2)13(19)9(3)5-10(4)15(21)22-7-12(18)14(20)11(17)6-16/h11,14,16-18,20-21,23-29,31-34H,2,10,12-13,15H2,1,3-9H3;5,9,11-14,16-20H,1,6-7H2,2-4H3. The van der Waals surface area contributed by atoms with E-state index in [0.717, 1.165) is 24.8 Å². The zero-order valence-electron chi connectivity index (χ0n) is 37.2. The van der Waals surface area contributed by atoms with E-state index in [0.29, 0.717) is 17.4 Å². The van der Waals surface area contributed by atoms with Gasteiger partial charge in [-0.2, -0.15) is 0 Å². The third-order valence-corrected chi connectivity index (χ3v) is 10.8. The molecule has 0 radical (unpaired) electrons. The third kappa shape index (κ3) is 19.8. The first-order chi connectivity index (χ1) is 27.3. The van der Waals surface area contributed by atoms with E-state index in [1.807, 2.05) is 26.8 Å². The molecule has 0 aromatic carbocycles. The summed E-state index contributed by atoms with van der Waals surface area (Å²) in [6, 6.07) is 0. The highest BCUT2D eigenvalue weighted by atomic mass is 16.7. The van der Waals surface area contributed by atoms with Gasteiger partial charge in [0.05, 0.1) is 24.9 Å². The lowest BCUT2D eigenvalue weighted by Crippen LogP contribution is -2.60. The quantitative estimate of drug-likeness (QED) is 0.0385. The maximum Gasteiger partial charge on any atom is 0.333 e. The monoisotopic (exact) mass is 847 g/mol. The highest BCUT2D eigenvalue weighted by Crippen LogP contribution is 2.33. The van der Waals surface area contributed by atoms with Gasteiger partial charge in [0, 0.05) is 30.3 Å². The minimum absolute atomic E-state index is 0.0544. The van der Waals surface area contributed by atoms with Gasteiger partial charge < -0.3 is 64.9 Å². The number of carbonyl (C=O) groups is 2. The summed E-state index contributed by atoms with van der Waals surface area (Å²) in [5.74, 6) is -0.764. The summed E-state index contributed by atoms with van der Waals surface area (Å²) in [4.78, 5) is 23.0. The largest absolute Gasteiger partial charge is 0.463 e. The Morgan fingerprint density at radius 3 is 1.86 bits per heavy atom. The van der Waals surface area contributed by atoms with Crippen molar-refractivity contribution < 1.29 is 74.5 Å². The van der Waals surface area contributed by atoms with E-state index in [2.05, 4.69) is 40.9 Å². The van der Waals surface area contributed by atoms with Gasteiger partial charge in [-0.3, -0.25) is 4.79 Å². The fourth-order valence-corrected chi connectivity index (χ4v) is 6.91. The minimum atomic E-state index is -1.62. The van der Waals surface area contributed by atoms with Crippen molar-refractivity contribution in [3.05, 3.63) is 48.1 Å². The molecule has 59 heavy (non-hydrogen) atoms. The van der Waals surface area contributed by atoms with E-state index in [4.69, 9.17) is 29.2 Å². The summed E-state index contributed by atoms with van der Waals surface area (Å²) < 4.78 is 22.0. The molecule has 0 aromatic rings. The average Bonchev–Trinajstić information content (AvgIpc) is 3.18. The van der Waals surface area contributed by atoms with Crippen LogP contribution in [0, 0.1) is 35.5 Å². The smallest absolute Gasteiger partial charge is 0.333 e. The molecule has 17 unspecified atom stereocenters. The predicted octanol–water partition coefficient (Wildman–Crippen LogP) is 2.73. The number of hydrogen-bond acceptors (Lipinski definition) is 15. The molecule has 0 bridgehead atoms. The van der Waals surface area contributed by atoms with Crippen LogP contribution in [-0.4, -0.2) is 145 Å². The molecule has 0 amide bonds. The van der Waals surface area contributed by atoms with Crippen LogP contribution >= 0.6 is 0 Å². The molecule has 1 fully saturated rings. The first-order valence-electron chi connectivity index (χ1n) is 20.7. The van der Waals surface area contributed by atoms with Gasteiger partial charge in [0.1, 0.15) is 55.9 Å². The summed E-state index contributed by atoms with van der Waals surface area (Å²) in [6.07, 6.45) is -4.97. The van der Waals surface area contributed by atoms with Crippen LogP contribution in [0.25, 0.3) is 0 Å². The van der Waals surface area contributed by atoms with Gasteiger partial charge >= 0.3 is 11.9 Å². The SMILES string of the molecule is C=C(C)C(O)C(C)C=C(C)C(=O)OCC(O)C(O)C(O)CO.C=CC(C)C(O)C(C)=CC(C)C(OC1OC(COC(C)=O)C(O)C(O)C1O)C(C)CC(C)CC(C)CC. The lowest BCUT2D eigenvalue weighted by atomic mass is 9.82. The number of aliphatic hydroxyl groups excluding tert-OH is 9. The summed E-state index contributed by atoms with van der Waals surface area (Å²) in [7, 11) is 0. The van der Waals surface area contributed by atoms with Crippen LogP contribution in [0.15, 0.2) is 48.1 Å². The Kier molecular flexibility index (Phi) is 26.9. The number of ether oxygens (including phenoxy) is 4. The fraction of sp³-hybridized carbons (Fsp3) is 0.773. The van der Waals surface area contributed by atoms with E-state index >= 15 is 0 Å². The molecule has 1 rings (SSSR count). The first-order valence-corrected chi connectivity index (χ1v) is 20.7. The average molecular weight is 847 g/mol. The molecule has 15 heteroatoms. The molecular weight excluding hydrogens is 768 g/mol. The number of hydrogen-bond donors (Lipinski definition) is 9. The molecule has 0 spiro atoms. The Morgan fingerprint density at radius 1 is 0.763 bits per heavy atom. The maximum absolute atomic E-state index is 11.7. The zero-order valence-corrected chi connectivity index (χ0v) is 37.2. The molecule has 15 nitrogen and oxygen atoms in total. The second-order valence-corrected chi connectivity index (χ2v) is 16.7. The summed E-state index contributed by atoms with van der Waals surface area (Å²) in [5, 5.41) is 88.7. The highest BCUT2D eigenvalue weighted by Gasteiger charge is 2.46. The van der Waals surface area contributed by atoms with Crippen LogP contribution in [0.2, 0.25) is 0 Å². The topological polar surface area (TPSA) is 253 Å². The lowest BCUT2D eigenvalue weighted by Gasteiger charge is -2.43. The van der Waals surface area contributed by atoms with Crippen molar-refractivity contribution in [2.45, 2.75) is 163 Å². The molecule has 1 aliphatic rings. The summed E-state index contributed by atoms with van der Waals surface area (Å²) in [5.41, 5.74) is 1.60. The van der Waals surface area contributed by atoms with Crippen molar-refractivity contribution in [2.75, 3.05) is 19.8 Å². The molecular formula is C44H78O15. The van der Waals surface area contributed by atoms with Gasteiger partial charge in [0.25, 0.3) is 0 Å². The molecule has 1 saturated heterocycles. The highest BCUT2D eigenvalue weighted by molar-refractivity contribution is 5.87. The summed E-state index contributed by atoms with van der Waals surface area (Å²) >= 11 is 0. The second-order valence-electron chi connectivity index (χ2n) is 16.7. The molecule has 344 valence electrons. The Balaban J connectivity index is 0.00000130. The van der Waals surface area contributed by atoms with Gasteiger partial charge in [-0.05, 0) is 56.9 Å². The Bertz CT molecular complexity index is 1320. The van der Waals surface area contributed by atoms with Crippen LogP contribution in [0.1, 0.15) is 95.4 Å². The molecule has 9 N–H and O–H groups in total. The van der Waals surface area contributed by atoms with Crippen molar-refractivity contribution in [3.63, 3.8) is 0 Å². The first kappa shape index (κ1) is 56.5. The Labute approximate surface area is 352 Å². The Morgan fingerprint density at radius 2 is 1.36 bits per heavy atom. The van der Waals surface area contributed by atoms with E-state index in [9.17, 15) is 45.3 Å². The summed E-state index contributed by atoms with van der Waals surface area (Å²) in [6.45, 7) is 26.5. The van der Waals surface area contributed by atoms with Crippen LogP contribution in [0.4, 0.5) is 0 Å². The molecule has 0 saturated carbocycles. The molecule has 17 atom stereocenters.